The van der Waals surface area contributed by atoms with Gasteiger partial charge in [0.05, 0.1) is 19.8 Å². The molecule has 4 heterocycles. The fourth-order valence-electron chi connectivity index (χ4n) is 6.09. The SMILES string of the molecule is COc1cc(OC(=O)N2CCCCC2)cc2c1C(=O)C1(S2)Sc2cc(OC(=O)N3CCCCC3)cc(OC)c2C1(C)O. The second kappa shape index (κ2) is 11.2. The van der Waals surface area contributed by atoms with Crippen molar-refractivity contribution in [1.29, 1.82) is 0 Å². The summed E-state index contributed by atoms with van der Waals surface area (Å²) < 4.78 is 21.3. The standard InChI is InChI=1S/C30H34N2O8S2/c1-29(36)25-21(38-3)15-19(40-28(35)32-12-8-5-9-13-32)17-23(25)42-30(29)26(33)24-20(37-2)14-18(16-22(24)41-30)39-27(34)31-10-6-4-7-11-31/h14-17,36H,4-13H2,1-3H3. The number of rotatable bonds is 4. The van der Waals surface area contributed by atoms with E-state index in [1.54, 1.807) is 41.0 Å². The van der Waals surface area contributed by atoms with Crippen molar-refractivity contribution in [2.45, 2.75) is 64.9 Å². The third-order valence-electron chi connectivity index (χ3n) is 8.32. The number of aliphatic hydroxyl groups is 1. The van der Waals surface area contributed by atoms with Crippen LogP contribution >= 0.6 is 23.5 Å². The van der Waals surface area contributed by atoms with Gasteiger partial charge in [-0.05, 0) is 57.6 Å². The van der Waals surface area contributed by atoms with E-state index in [0.717, 1.165) is 38.5 Å². The molecule has 2 saturated heterocycles. The fraction of sp³-hybridized carbons (Fsp3) is 0.500. The van der Waals surface area contributed by atoms with Crippen molar-refractivity contribution < 1.29 is 38.4 Å². The van der Waals surface area contributed by atoms with Gasteiger partial charge >= 0.3 is 12.2 Å². The quantitative estimate of drug-likeness (QED) is 0.462. The number of carbonyl (C=O) groups is 3. The molecule has 2 aromatic rings. The highest BCUT2D eigenvalue weighted by atomic mass is 32.2. The van der Waals surface area contributed by atoms with Crippen LogP contribution in [0.5, 0.6) is 23.0 Å². The van der Waals surface area contributed by atoms with Crippen LogP contribution in [-0.4, -0.2) is 77.4 Å². The molecular weight excluding hydrogens is 580 g/mol. The zero-order valence-corrected chi connectivity index (χ0v) is 25.5. The smallest absolute Gasteiger partial charge is 0.415 e. The Morgan fingerprint density at radius 3 is 1.76 bits per heavy atom. The Kier molecular flexibility index (Phi) is 7.73. The maximum Gasteiger partial charge on any atom is 0.415 e. The lowest BCUT2D eigenvalue weighted by atomic mass is 9.87. The van der Waals surface area contributed by atoms with E-state index in [1.807, 2.05) is 0 Å². The minimum absolute atomic E-state index is 0.263. The van der Waals surface area contributed by atoms with E-state index in [-0.39, 0.29) is 23.0 Å². The summed E-state index contributed by atoms with van der Waals surface area (Å²) in [6.45, 7) is 4.18. The van der Waals surface area contributed by atoms with Gasteiger partial charge in [-0.3, -0.25) is 4.79 Å². The van der Waals surface area contributed by atoms with E-state index < -0.39 is 21.9 Å². The van der Waals surface area contributed by atoms with Gasteiger partial charge in [0.25, 0.3) is 0 Å². The molecule has 2 atom stereocenters. The van der Waals surface area contributed by atoms with Crippen LogP contribution in [-0.2, 0) is 5.60 Å². The van der Waals surface area contributed by atoms with Crippen LogP contribution in [0.1, 0.15) is 61.4 Å². The largest absolute Gasteiger partial charge is 0.496 e. The maximum absolute atomic E-state index is 14.2. The van der Waals surface area contributed by atoms with E-state index in [1.165, 1.54) is 37.7 Å². The minimum Gasteiger partial charge on any atom is -0.496 e. The number of ether oxygens (including phenoxy) is 4. The number of benzene rings is 2. The molecule has 2 fully saturated rings. The van der Waals surface area contributed by atoms with Gasteiger partial charge in [0.15, 0.2) is 9.86 Å². The summed E-state index contributed by atoms with van der Waals surface area (Å²) in [4.78, 5) is 44.3. The summed E-state index contributed by atoms with van der Waals surface area (Å²) in [5.41, 5.74) is -0.918. The van der Waals surface area contributed by atoms with Crippen molar-refractivity contribution >= 4 is 41.5 Å². The van der Waals surface area contributed by atoms with Crippen LogP contribution in [0.15, 0.2) is 34.1 Å². The summed E-state index contributed by atoms with van der Waals surface area (Å²) in [6.07, 6.45) is 5.05. The number of thioether (sulfide) groups is 2. The molecule has 1 spiro atoms. The highest BCUT2D eigenvalue weighted by Gasteiger charge is 2.66. The first kappa shape index (κ1) is 29.0. The van der Waals surface area contributed by atoms with Crippen LogP contribution in [0.3, 0.4) is 0 Å². The summed E-state index contributed by atoms with van der Waals surface area (Å²) in [5, 5.41) is 12.1. The number of hydrogen-bond donors (Lipinski definition) is 1. The van der Waals surface area contributed by atoms with Gasteiger partial charge in [0, 0.05) is 53.7 Å². The summed E-state index contributed by atoms with van der Waals surface area (Å²) >= 11 is 2.39. The molecule has 0 saturated carbocycles. The third-order valence-corrected chi connectivity index (χ3v) is 11.6. The lowest BCUT2D eigenvalue weighted by Crippen LogP contribution is -2.45. The number of carbonyl (C=O) groups excluding carboxylic acids is 3. The first-order valence-corrected chi connectivity index (χ1v) is 15.8. The predicted molar refractivity (Wildman–Crippen MR) is 157 cm³/mol. The molecule has 4 aliphatic rings. The second-order valence-corrected chi connectivity index (χ2v) is 13.8. The average molecular weight is 615 g/mol. The number of methoxy groups -OCH3 is 2. The van der Waals surface area contributed by atoms with Gasteiger partial charge in [-0.15, -0.1) is 0 Å². The molecule has 1 N–H and O–H groups in total. The zero-order chi connectivity index (χ0) is 29.6. The van der Waals surface area contributed by atoms with Crippen LogP contribution in [0.4, 0.5) is 9.59 Å². The van der Waals surface area contributed by atoms with Gasteiger partial charge in [-0.25, -0.2) is 9.59 Å². The van der Waals surface area contributed by atoms with Crippen molar-refractivity contribution in [3.8, 4) is 23.0 Å². The topological polar surface area (TPSA) is 115 Å². The molecule has 2 aromatic carbocycles. The second-order valence-electron chi connectivity index (χ2n) is 11.1. The molecule has 4 aliphatic heterocycles. The maximum atomic E-state index is 14.2. The Morgan fingerprint density at radius 2 is 1.24 bits per heavy atom. The molecule has 224 valence electrons. The van der Waals surface area contributed by atoms with Crippen molar-refractivity contribution in [3.63, 3.8) is 0 Å². The highest BCUT2D eigenvalue weighted by Crippen LogP contribution is 2.69. The summed E-state index contributed by atoms with van der Waals surface area (Å²) in [7, 11) is 2.93. The lowest BCUT2D eigenvalue weighted by Gasteiger charge is -2.34. The van der Waals surface area contributed by atoms with Gasteiger partial charge in [-0.1, -0.05) is 23.5 Å². The van der Waals surface area contributed by atoms with Crippen molar-refractivity contribution in [2.24, 2.45) is 0 Å². The van der Waals surface area contributed by atoms with Crippen LogP contribution in [0.25, 0.3) is 0 Å². The van der Waals surface area contributed by atoms with Crippen LogP contribution < -0.4 is 18.9 Å². The van der Waals surface area contributed by atoms with E-state index in [4.69, 9.17) is 18.9 Å². The molecule has 10 nitrogen and oxygen atoms in total. The average Bonchev–Trinajstić information content (AvgIpc) is 3.41. The van der Waals surface area contributed by atoms with Crippen molar-refractivity contribution in [2.75, 3.05) is 40.4 Å². The van der Waals surface area contributed by atoms with Gasteiger partial charge < -0.3 is 33.9 Å². The first-order valence-electron chi connectivity index (χ1n) is 14.2. The van der Waals surface area contributed by atoms with Crippen molar-refractivity contribution in [1.82, 2.24) is 9.80 Å². The Bertz CT molecular complexity index is 1430. The van der Waals surface area contributed by atoms with Gasteiger partial charge in [0.2, 0.25) is 0 Å². The van der Waals surface area contributed by atoms with E-state index in [0.29, 0.717) is 52.8 Å². The molecule has 12 heteroatoms. The van der Waals surface area contributed by atoms with Crippen LogP contribution in [0.2, 0.25) is 0 Å². The molecule has 0 aliphatic carbocycles. The Labute approximate surface area is 253 Å². The first-order chi connectivity index (χ1) is 20.2. The number of ketones is 1. The van der Waals surface area contributed by atoms with Crippen LogP contribution in [0, 0.1) is 0 Å². The number of hydrogen-bond acceptors (Lipinski definition) is 10. The molecule has 0 radical (unpaired) electrons. The fourth-order valence-corrected chi connectivity index (χ4v) is 9.45. The third kappa shape index (κ3) is 4.77. The lowest BCUT2D eigenvalue weighted by molar-refractivity contribution is 0.0406. The van der Waals surface area contributed by atoms with Gasteiger partial charge in [0.1, 0.15) is 28.6 Å². The molecular formula is C30H34N2O8S2. The van der Waals surface area contributed by atoms with E-state index in [9.17, 15) is 19.5 Å². The van der Waals surface area contributed by atoms with E-state index >= 15 is 0 Å². The summed E-state index contributed by atoms with van der Waals surface area (Å²) in [6, 6.07) is 6.44. The number of Topliss-reactive ketones (excluding diaryl/α,β-unsaturated/α-hetero) is 1. The minimum atomic E-state index is -1.68. The molecule has 2 unspecified atom stereocenters. The van der Waals surface area contributed by atoms with Crippen molar-refractivity contribution in [3.05, 3.63) is 35.4 Å². The Hall–Kier alpha value is -3.09. The van der Waals surface area contributed by atoms with E-state index in [2.05, 4.69) is 0 Å². The Balaban J connectivity index is 1.31. The number of fused-ring (bicyclic) bond motifs is 2. The van der Waals surface area contributed by atoms with Gasteiger partial charge in [-0.2, -0.15) is 0 Å². The normalized spacial score (nSPS) is 24.8. The highest BCUT2D eigenvalue weighted by molar-refractivity contribution is 8.20. The zero-order valence-electron chi connectivity index (χ0n) is 23.9. The number of piperidine rings is 2. The molecule has 2 amide bonds. The molecule has 0 aromatic heterocycles. The Morgan fingerprint density at radius 1 is 0.762 bits per heavy atom. The molecule has 42 heavy (non-hydrogen) atoms. The number of likely N-dealkylation sites (tertiary alicyclic amines) is 2. The predicted octanol–water partition coefficient (Wildman–Crippen LogP) is 5.67. The summed E-state index contributed by atoms with van der Waals surface area (Å²) in [5.74, 6) is 0.796. The molecule has 0 bridgehead atoms. The number of nitrogens with zero attached hydrogens (tertiary/aromatic N) is 2. The monoisotopic (exact) mass is 614 g/mol. The number of amides is 2. The molecule has 6 rings (SSSR count).